The van der Waals surface area contributed by atoms with Crippen molar-refractivity contribution in [3.63, 3.8) is 0 Å². The average molecular weight is 204 g/mol. The maximum Gasteiger partial charge on any atom is 0.295 e. The maximum atomic E-state index is 10.8. The van der Waals surface area contributed by atoms with Gasteiger partial charge in [0.2, 0.25) is 0 Å². The zero-order valence-corrected chi connectivity index (χ0v) is 8.49. The molecule has 78 valence electrons. The van der Waals surface area contributed by atoms with Crippen LogP contribution >= 0.6 is 0 Å². The van der Waals surface area contributed by atoms with E-state index in [0.29, 0.717) is 24.2 Å². The van der Waals surface area contributed by atoms with Gasteiger partial charge >= 0.3 is 0 Å². The zero-order valence-electron chi connectivity index (χ0n) is 8.49. The van der Waals surface area contributed by atoms with E-state index in [1.165, 1.54) is 0 Å². The summed E-state index contributed by atoms with van der Waals surface area (Å²) < 4.78 is 0. The van der Waals surface area contributed by atoms with Crippen molar-refractivity contribution >= 4 is 11.4 Å². The molecule has 1 aromatic rings. The van der Waals surface area contributed by atoms with Gasteiger partial charge in [-0.05, 0) is 13.0 Å². The molecule has 0 saturated heterocycles. The second kappa shape index (κ2) is 5.01. The summed E-state index contributed by atoms with van der Waals surface area (Å²) in [4.78, 5) is 10.4. The van der Waals surface area contributed by atoms with E-state index in [2.05, 4.69) is 11.2 Å². The van der Waals surface area contributed by atoms with E-state index in [-0.39, 0.29) is 10.6 Å². The number of para-hydroxylation sites is 1. The van der Waals surface area contributed by atoms with E-state index in [0.717, 1.165) is 0 Å². The quantitative estimate of drug-likeness (QED) is 0.354. The highest BCUT2D eigenvalue weighted by Gasteiger charge is 2.15. The zero-order chi connectivity index (χ0) is 11.3. The summed E-state index contributed by atoms with van der Waals surface area (Å²) in [6, 6.07) is 5.17. The highest BCUT2D eigenvalue weighted by Crippen LogP contribution is 2.27. The Morgan fingerprint density at radius 1 is 1.60 bits per heavy atom. The summed E-state index contributed by atoms with van der Waals surface area (Å²) in [7, 11) is 0. The molecule has 0 fully saturated rings. The fraction of sp³-hybridized carbons (Fsp3) is 0.273. The first-order chi connectivity index (χ1) is 7.16. The van der Waals surface area contributed by atoms with Gasteiger partial charge in [0.15, 0.2) is 0 Å². The number of nitro groups is 1. The summed E-state index contributed by atoms with van der Waals surface area (Å²) >= 11 is 0. The smallest absolute Gasteiger partial charge is 0.295 e. The van der Waals surface area contributed by atoms with Crippen LogP contribution in [0.3, 0.4) is 0 Å². The molecular formula is C11H12N2O2. The van der Waals surface area contributed by atoms with E-state index in [9.17, 15) is 10.1 Å². The highest BCUT2D eigenvalue weighted by atomic mass is 16.6. The predicted molar refractivity (Wildman–Crippen MR) is 59.8 cm³/mol. The first kappa shape index (κ1) is 11.1. The van der Waals surface area contributed by atoms with Crippen LogP contribution in [0.4, 0.5) is 11.4 Å². The average Bonchev–Trinajstić information content (AvgIpc) is 2.17. The number of hydrogen-bond donors (Lipinski definition) is 1. The van der Waals surface area contributed by atoms with Crippen molar-refractivity contribution in [3.8, 4) is 12.3 Å². The molecule has 0 aliphatic carbocycles. The number of benzene rings is 1. The van der Waals surface area contributed by atoms with Crippen LogP contribution in [-0.4, -0.2) is 11.5 Å². The van der Waals surface area contributed by atoms with Crippen LogP contribution in [0.2, 0.25) is 0 Å². The lowest BCUT2D eigenvalue weighted by molar-refractivity contribution is -0.384. The molecule has 4 heteroatoms. The Hall–Kier alpha value is -2.02. The van der Waals surface area contributed by atoms with Crippen LogP contribution in [0, 0.1) is 29.4 Å². The summed E-state index contributed by atoms with van der Waals surface area (Å²) in [5, 5.41) is 13.8. The number of anilines is 1. The molecule has 0 spiro atoms. The van der Waals surface area contributed by atoms with E-state index in [4.69, 9.17) is 6.42 Å². The Bertz CT molecular complexity index is 408. The third-order valence-electron chi connectivity index (χ3n) is 2.01. The molecule has 0 atom stereocenters. The molecule has 1 N–H and O–H groups in total. The third-order valence-corrected chi connectivity index (χ3v) is 2.01. The molecule has 0 radical (unpaired) electrons. The van der Waals surface area contributed by atoms with Crippen molar-refractivity contribution in [2.24, 2.45) is 0 Å². The molecule has 1 rings (SSSR count). The summed E-state index contributed by atoms with van der Waals surface area (Å²) in [5.41, 5.74) is 1.29. The van der Waals surface area contributed by atoms with Crippen molar-refractivity contribution in [1.29, 1.82) is 0 Å². The minimum atomic E-state index is -0.381. The SMILES string of the molecule is C#CCCNc1cccc(C)c1[N+](=O)[O-]. The number of nitro benzene ring substituents is 1. The topological polar surface area (TPSA) is 55.2 Å². The normalized spacial score (nSPS) is 9.33. The number of hydrogen-bond acceptors (Lipinski definition) is 3. The monoisotopic (exact) mass is 204 g/mol. The Labute approximate surface area is 88.5 Å². The van der Waals surface area contributed by atoms with Crippen molar-refractivity contribution in [2.75, 3.05) is 11.9 Å². The minimum absolute atomic E-state index is 0.120. The van der Waals surface area contributed by atoms with Gasteiger partial charge in [-0.1, -0.05) is 12.1 Å². The molecule has 0 amide bonds. The second-order valence-electron chi connectivity index (χ2n) is 3.11. The van der Waals surface area contributed by atoms with Gasteiger partial charge in [0, 0.05) is 18.5 Å². The van der Waals surface area contributed by atoms with E-state index in [1.54, 1.807) is 25.1 Å². The van der Waals surface area contributed by atoms with Gasteiger partial charge in [-0.15, -0.1) is 12.3 Å². The molecule has 0 bridgehead atoms. The van der Waals surface area contributed by atoms with E-state index in [1.807, 2.05) is 0 Å². The molecule has 0 aliphatic heterocycles. The van der Waals surface area contributed by atoms with Gasteiger partial charge in [0.05, 0.1) is 4.92 Å². The van der Waals surface area contributed by atoms with Gasteiger partial charge in [0.25, 0.3) is 5.69 Å². The molecule has 0 unspecified atom stereocenters. The number of rotatable bonds is 4. The lowest BCUT2D eigenvalue weighted by Crippen LogP contribution is -2.04. The summed E-state index contributed by atoms with van der Waals surface area (Å²) in [6.07, 6.45) is 5.64. The Morgan fingerprint density at radius 2 is 2.33 bits per heavy atom. The molecule has 0 aromatic heterocycles. The van der Waals surface area contributed by atoms with Gasteiger partial charge < -0.3 is 5.32 Å². The molecular weight excluding hydrogens is 192 g/mol. The lowest BCUT2D eigenvalue weighted by Gasteiger charge is -2.06. The van der Waals surface area contributed by atoms with E-state index < -0.39 is 0 Å². The number of terminal acetylenes is 1. The van der Waals surface area contributed by atoms with Crippen LogP contribution in [0.1, 0.15) is 12.0 Å². The first-order valence-corrected chi connectivity index (χ1v) is 4.58. The molecule has 15 heavy (non-hydrogen) atoms. The first-order valence-electron chi connectivity index (χ1n) is 4.58. The molecule has 0 heterocycles. The fourth-order valence-corrected chi connectivity index (χ4v) is 1.31. The third kappa shape index (κ3) is 2.71. The molecule has 0 saturated carbocycles. The van der Waals surface area contributed by atoms with Crippen LogP contribution in [0.15, 0.2) is 18.2 Å². The fourth-order valence-electron chi connectivity index (χ4n) is 1.31. The second-order valence-corrected chi connectivity index (χ2v) is 3.11. The van der Waals surface area contributed by atoms with E-state index >= 15 is 0 Å². The summed E-state index contributed by atoms with van der Waals surface area (Å²) in [6.45, 7) is 2.26. The Balaban J connectivity index is 2.92. The molecule has 0 aliphatic rings. The number of aryl methyl sites for hydroxylation is 1. The lowest BCUT2D eigenvalue weighted by atomic mass is 10.1. The van der Waals surface area contributed by atoms with Crippen LogP contribution < -0.4 is 5.32 Å². The molecule has 4 nitrogen and oxygen atoms in total. The van der Waals surface area contributed by atoms with Crippen molar-refractivity contribution in [2.45, 2.75) is 13.3 Å². The van der Waals surface area contributed by atoms with Crippen molar-refractivity contribution < 1.29 is 4.92 Å². The number of nitrogens with one attached hydrogen (secondary N) is 1. The summed E-state index contributed by atoms with van der Waals surface area (Å²) in [5.74, 6) is 2.47. The molecule has 1 aromatic carbocycles. The predicted octanol–water partition coefficient (Wildman–Crippen LogP) is 2.34. The minimum Gasteiger partial charge on any atom is -0.379 e. The van der Waals surface area contributed by atoms with Crippen LogP contribution in [-0.2, 0) is 0 Å². The Morgan fingerprint density at radius 3 is 2.93 bits per heavy atom. The largest absolute Gasteiger partial charge is 0.379 e. The van der Waals surface area contributed by atoms with Crippen molar-refractivity contribution in [3.05, 3.63) is 33.9 Å². The van der Waals surface area contributed by atoms with Gasteiger partial charge in [-0.2, -0.15) is 0 Å². The van der Waals surface area contributed by atoms with Gasteiger partial charge in [0.1, 0.15) is 5.69 Å². The standard InChI is InChI=1S/C11H12N2O2/c1-3-4-8-12-10-7-5-6-9(2)11(10)13(14)15/h1,5-7,12H,4,8H2,2H3. The maximum absolute atomic E-state index is 10.8. The van der Waals surface area contributed by atoms with Gasteiger partial charge in [-0.25, -0.2) is 0 Å². The van der Waals surface area contributed by atoms with Crippen molar-refractivity contribution in [1.82, 2.24) is 0 Å². The highest BCUT2D eigenvalue weighted by molar-refractivity contribution is 5.64. The van der Waals surface area contributed by atoms with Crippen LogP contribution in [0.25, 0.3) is 0 Å². The van der Waals surface area contributed by atoms with Crippen LogP contribution in [0.5, 0.6) is 0 Å². The Kier molecular flexibility index (Phi) is 3.69. The number of nitrogens with zero attached hydrogens (tertiary/aromatic N) is 1. The van der Waals surface area contributed by atoms with Gasteiger partial charge in [-0.3, -0.25) is 10.1 Å².